The molecule has 1 saturated heterocycles. The van der Waals surface area contributed by atoms with Gasteiger partial charge in [0, 0.05) is 12.6 Å². The second-order valence-corrected chi connectivity index (χ2v) is 6.32. The van der Waals surface area contributed by atoms with Gasteiger partial charge in [-0.1, -0.05) is 0 Å². The summed E-state index contributed by atoms with van der Waals surface area (Å²) >= 11 is 0. The van der Waals surface area contributed by atoms with Crippen LogP contribution in [0.5, 0.6) is 0 Å². The molecule has 1 aromatic heterocycles. The summed E-state index contributed by atoms with van der Waals surface area (Å²) in [5.41, 5.74) is 1.52. The summed E-state index contributed by atoms with van der Waals surface area (Å²) in [5, 5.41) is 22.3. The predicted molar refractivity (Wildman–Crippen MR) is 84.7 cm³/mol. The fourth-order valence-electron chi connectivity index (χ4n) is 2.91. The summed E-state index contributed by atoms with van der Waals surface area (Å²) in [7, 11) is 2.05. The highest BCUT2D eigenvalue weighted by Gasteiger charge is 2.40. The maximum absolute atomic E-state index is 9.92. The van der Waals surface area contributed by atoms with Gasteiger partial charge in [0.25, 0.3) is 0 Å². The van der Waals surface area contributed by atoms with E-state index in [1.807, 2.05) is 20.9 Å². The molecule has 0 aromatic carbocycles. The first kappa shape index (κ1) is 17.3. The highest BCUT2D eigenvalue weighted by molar-refractivity contribution is 5.11. The lowest BCUT2D eigenvalue weighted by Gasteiger charge is -2.47. The van der Waals surface area contributed by atoms with Gasteiger partial charge in [0.05, 0.1) is 43.6 Å². The van der Waals surface area contributed by atoms with Crippen LogP contribution in [0.1, 0.15) is 38.2 Å². The Morgan fingerprint density at radius 1 is 1.50 bits per heavy atom. The Morgan fingerprint density at radius 3 is 2.82 bits per heavy atom. The standard InChI is InChI=1S/C15H29N5O2/c1-6-20-17-13(4)14(18-20)12(3)16-8-15(9-21)10-22-7-11(2)19(15)5/h11-12,16,21H,6-10H2,1-5H3/t11-,12?,15+/m1/s1. The first-order chi connectivity index (χ1) is 10.4. The number of nitrogens with one attached hydrogen (secondary N) is 1. The van der Waals surface area contributed by atoms with Crippen LogP contribution in [0.15, 0.2) is 0 Å². The lowest BCUT2D eigenvalue weighted by molar-refractivity contribution is -0.106. The molecule has 2 heterocycles. The van der Waals surface area contributed by atoms with E-state index >= 15 is 0 Å². The third-order valence-corrected chi connectivity index (χ3v) is 4.72. The van der Waals surface area contributed by atoms with Crippen LogP contribution in [0.25, 0.3) is 0 Å². The van der Waals surface area contributed by atoms with Crippen molar-refractivity contribution in [3.05, 3.63) is 11.4 Å². The molecular weight excluding hydrogens is 282 g/mol. The Balaban J connectivity index is 2.04. The number of hydrogen-bond acceptors (Lipinski definition) is 6. The average Bonchev–Trinajstić information content (AvgIpc) is 2.90. The minimum Gasteiger partial charge on any atom is -0.394 e. The Labute approximate surface area is 132 Å². The van der Waals surface area contributed by atoms with Crippen molar-refractivity contribution in [2.45, 2.75) is 51.9 Å². The van der Waals surface area contributed by atoms with Gasteiger partial charge in [-0.05, 0) is 34.7 Å². The van der Waals surface area contributed by atoms with E-state index in [4.69, 9.17) is 4.74 Å². The first-order valence-electron chi connectivity index (χ1n) is 8.00. The van der Waals surface area contributed by atoms with E-state index in [-0.39, 0.29) is 18.2 Å². The number of aryl methyl sites for hydroxylation is 2. The molecule has 7 heteroatoms. The molecule has 1 fully saturated rings. The zero-order valence-electron chi connectivity index (χ0n) is 14.3. The molecule has 0 amide bonds. The molecule has 0 aliphatic carbocycles. The second-order valence-electron chi connectivity index (χ2n) is 6.32. The van der Waals surface area contributed by atoms with Crippen molar-refractivity contribution in [1.29, 1.82) is 0 Å². The zero-order chi connectivity index (χ0) is 16.3. The highest BCUT2D eigenvalue weighted by Crippen LogP contribution is 2.23. The summed E-state index contributed by atoms with van der Waals surface area (Å²) < 4.78 is 5.67. The van der Waals surface area contributed by atoms with Crippen molar-refractivity contribution in [2.75, 3.05) is 33.4 Å². The topological polar surface area (TPSA) is 75.4 Å². The van der Waals surface area contributed by atoms with E-state index in [0.717, 1.165) is 17.9 Å². The first-order valence-corrected chi connectivity index (χ1v) is 8.00. The Kier molecular flexibility index (Phi) is 5.55. The van der Waals surface area contributed by atoms with Gasteiger partial charge in [-0.15, -0.1) is 0 Å². The van der Waals surface area contributed by atoms with E-state index in [0.29, 0.717) is 25.8 Å². The van der Waals surface area contributed by atoms with Gasteiger partial charge in [0.1, 0.15) is 5.69 Å². The molecule has 22 heavy (non-hydrogen) atoms. The van der Waals surface area contributed by atoms with Gasteiger partial charge in [-0.3, -0.25) is 4.90 Å². The number of ether oxygens (including phenoxy) is 1. The maximum atomic E-state index is 9.92. The molecule has 0 radical (unpaired) electrons. The van der Waals surface area contributed by atoms with Crippen LogP contribution in [-0.4, -0.2) is 70.0 Å². The molecule has 7 nitrogen and oxygen atoms in total. The van der Waals surface area contributed by atoms with Gasteiger partial charge in [-0.25, -0.2) is 0 Å². The molecule has 126 valence electrons. The van der Waals surface area contributed by atoms with Crippen LogP contribution in [0.3, 0.4) is 0 Å². The van der Waals surface area contributed by atoms with Crippen molar-refractivity contribution in [3.8, 4) is 0 Å². The van der Waals surface area contributed by atoms with Gasteiger partial charge in [-0.2, -0.15) is 15.0 Å². The molecule has 0 bridgehead atoms. The molecule has 0 spiro atoms. The smallest absolute Gasteiger partial charge is 0.102 e. The molecule has 2 N–H and O–H groups in total. The van der Waals surface area contributed by atoms with Crippen LogP contribution in [0, 0.1) is 6.92 Å². The van der Waals surface area contributed by atoms with Crippen LogP contribution < -0.4 is 5.32 Å². The van der Waals surface area contributed by atoms with E-state index in [2.05, 4.69) is 34.3 Å². The van der Waals surface area contributed by atoms with E-state index in [9.17, 15) is 5.11 Å². The largest absolute Gasteiger partial charge is 0.394 e. The van der Waals surface area contributed by atoms with Crippen molar-refractivity contribution >= 4 is 0 Å². The van der Waals surface area contributed by atoms with Crippen LogP contribution in [-0.2, 0) is 11.3 Å². The number of rotatable bonds is 6. The number of nitrogens with zero attached hydrogens (tertiary/aromatic N) is 4. The number of aromatic nitrogens is 3. The van der Waals surface area contributed by atoms with E-state index in [1.165, 1.54) is 0 Å². The number of morpholine rings is 1. The van der Waals surface area contributed by atoms with Gasteiger partial charge < -0.3 is 15.2 Å². The Bertz CT molecular complexity index is 492. The Morgan fingerprint density at radius 2 is 2.23 bits per heavy atom. The zero-order valence-corrected chi connectivity index (χ0v) is 14.3. The van der Waals surface area contributed by atoms with E-state index in [1.54, 1.807) is 4.80 Å². The van der Waals surface area contributed by atoms with Gasteiger partial charge in [0.2, 0.25) is 0 Å². The highest BCUT2D eigenvalue weighted by atomic mass is 16.5. The van der Waals surface area contributed by atoms with Crippen molar-refractivity contribution in [1.82, 2.24) is 25.2 Å². The summed E-state index contributed by atoms with van der Waals surface area (Å²) in [6.45, 7) is 10.9. The quantitative estimate of drug-likeness (QED) is 0.789. The van der Waals surface area contributed by atoms with Crippen LogP contribution in [0.2, 0.25) is 0 Å². The SMILES string of the molecule is CCn1nc(C)c(C(C)NC[C@]2(CO)COC[C@@H](C)N2C)n1. The molecule has 1 aliphatic rings. The molecular formula is C15H29N5O2. The molecule has 1 aliphatic heterocycles. The van der Waals surface area contributed by atoms with E-state index < -0.39 is 0 Å². The molecule has 0 saturated carbocycles. The molecule has 2 rings (SSSR count). The monoisotopic (exact) mass is 311 g/mol. The van der Waals surface area contributed by atoms with Crippen molar-refractivity contribution in [3.63, 3.8) is 0 Å². The molecule has 3 atom stereocenters. The lowest BCUT2D eigenvalue weighted by atomic mass is 9.95. The lowest BCUT2D eigenvalue weighted by Crippen LogP contribution is -2.65. The van der Waals surface area contributed by atoms with Crippen LogP contribution in [0.4, 0.5) is 0 Å². The number of hydrogen-bond donors (Lipinski definition) is 2. The second kappa shape index (κ2) is 7.04. The third-order valence-electron chi connectivity index (χ3n) is 4.72. The normalized spacial score (nSPS) is 28.0. The number of aliphatic hydroxyl groups excluding tert-OH is 1. The van der Waals surface area contributed by atoms with Gasteiger partial charge >= 0.3 is 0 Å². The maximum Gasteiger partial charge on any atom is 0.102 e. The number of aliphatic hydroxyl groups is 1. The Hall–Kier alpha value is -1.02. The third kappa shape index (κ3) is 3.32. The molecule has 1 aromatic rings. The fraction of sp³-hybridized carbons (Fsp3) is 0.867. The average molecular weight is 311 g/mol. The summed E-state index contributed by atoms with van der Waals surface area (Å²) in [6.07, 6.45) is 0. The minimum atomic E-state index is -0.388. The summed E-state index contributed by atoms with van der Waals surface area (Å²) in [6, 6.07) is 0.370. The van der Waals surface area contributed by atoms with Crippen molar-refractivity contribution in [2.24, 2.45) is 0 Å². The summed E-state index contributed by atoms with van der Waals surface area (Å²) in [5.74, 6) is 0. The van der Waals surface area contributed by atoms with Crippen molar-refractivity contribution < 1.29 is 9.84 Å². The summed E-state index contributed by atoms with van der Waals surface area (Å²) in [4.78, 5) is 3.93. The predicted octanol–water partition coefficient (Wildman–Crippen LogP) is 0.339. The molecule has 1 unspecified atom stereocenters. The fourth-order valence-corrected chi connectivity index (χ4v) is 2.91. The minimum absolute atomic E-state index is 0.0637. The van der Waals surface area contributed by atoms with Crippen LogP contribution >= 0.6 is 0 Å². The van der Waals surface area contributed by atoms with Gasteiger partial charge in [0.15, 0.2) is 0 Å². The number of likely N-dealkylation sites (N-methyl/N-ethyl adjacent to an activating group) is 1.